The first-order valence-corrected chi connectivity index (χ1v) is 4.92. The van der Waals surface area contributed by atoms with Gasteiger partial charge < -0.3 is 25.4 Å². The van der Waals surface area contributed by atoms with Crippen molar-refractivity contribution in [3.8, 4) is 0 Å². The van der Waals surface area contributed by atoms with E-state index in [0.29, 0.717) is 0 Å². The lowest BCUT2D eigenvalue weighted by molar-refractivity contribution is -0.0154. The van der Waals surface area contributed by atoms with E-state index in [-0.39, 0.29) is 5.95 Å². The first-order chi connectivity index (χ1) is 8.11. The Kier molecular flexibility index (Phi) is 3.33. The highest BCUT2D eigenvalue weighted by atomic mass is 16.6. The Hall–Kier alpha value is -1.55. The average molecular weight is 244 g/mol. The molecular formula is C8H12N4O5. The van der Waals surface area contributed by atoms with Crippen LogP contribution < -0.4 is 11.0 Å². The maximum absolute atomic E-state index is 10.9. The van der Waals surface area contributed by atoms with Gasteiger partial charge in [-0.05, 0) is 0 Å². The molecule has 1 aliphatic rings. The highest BCUT2D eigenvalue weighted by Gasteiger charge is 2.42. The molecule has 17 heavy (non-hydrogen) atoms. The number of aromatic nitrogens is 3. The smallest absolute Gasteiger partial charge is 0.349 e. The van der Waals surface area contributed by atoms with Gasteiger partial charge in [-0.2, -0.15) is 4.98 Å². The molecule has 9 nitrogen and oxygen atoms in total. The molecule has 0 aromatic carbocycles. The summed E-state index contributed by atoms with van der Waals surface area (Å²) in [4.78, 5) is 20.3. The highest BCUT2D eigenvalue weighted by molar-refractivity contribution is 5.23. The predicted octanol–water partition coefficient (Wildman–Crippen LogP) is -2.98. The van der Waals surface area contributed by atoms with Gasteiger partial charge in [-0.3, -0.25) is 4.98 Å². The van der Waals surface area contributed by atoms with Crippen molar-refractivity contribution in [3.63, 3.8) is 0 Å². The fourth-order valence-corrected chi connectivity index (χ4v) is 1.52. The molecular weight excluding hydrogens is 232 g/mol. The Morgan fingerprint density at radius 1 is 1.47 bits per heavy atom. The standard InChI is InChI=1S/C8H12N4O5/c13-1-3-4(14)5(15)6(17-3)11-7-9-2-10-8(16)12-7/h2-6,13-15H,1H2,(H2,9,10,11,12,16)/t3-,4-,5-,6-/m1/s1. The van der Waals surface area contributed by atoms with Crippen molar-refractivity contribution in [2.24, 2.45) is 0 Å². The molecule has 0 radical (unpaired) electrons. The Balaban J connectivity index is 2.07. The van der Waals surface area contributed by atoms with Crippen molar-refractivity contribution in [1.82, 2.24) is 15.0 Å². The van der Waals surface area contributed by atoms with Crippen LogP contribution in [0.1, 0.15) is 0 Å². The average Bonchev–Trinajstić information content (AvgIpc) is 2.57. The molecule has 1 fully saturated rings. The van der Waals surface area contributed by atoms with Crippen molar-refractivity contribution >= 4 is 5.95 Å². The lowest BCUT2D eigenvalue weighted by Gasteiger charge is -2.15. The van der Waals surface area contributed by atoms with Crippen LogP contribution in [0.15, 0.2) is 11.1 Å². The molecule has 4 atom stereocenters. The summed E-state index contributed by atoms with van der Waals surface area (Å²) in [7, 11) is 0. The number of aliphatic hydroxyl groups excluding tert-OH is 3. The Bertz CT molecular complexity index is 438. The molecule has 0 aliphatic carbocycles. The highest BCUT2D eigenvalue weighted by Crippen LogP contribution is 2.21. The fraction of sp³-hybridized carbons (Fsp3) is 0.625. The number of aliphatic hydroxyl groups is 3. The topological polar surface area (TPSA) is 141 Å². The van der Waals surface area contributed by atoms with Crippen molar-refractivity contribution < 1.29 is 20.1 Å². The monoisotopic (exact) mass is 244 g/mol. The van der Waals surface area contributed by atoms with E-state index >= 15 is 0 Å². The summed E-state index contributed by atoms with van der Waals surface area (Å²) in [6.07, 6.45) is -3.18. The normalized spacial score (nSPS) is 32.6. The van der Waals surface area contributed by atoms with E-state index in [0.717, 1.165) is 6.33 Å². The summed E-state index contributed by atoms with van der Waals surface area (Å²) in [6.45, 7) is -0.424. The zero-order valence-electron chi connectivity index (χ0n) is 8.65. The molecule has 1 aliphatic heterocycles. The van der Waals surface area contributed by atoms with Crippen molar-refractivity contribution in [2.75, 3.05) is 11.9 Å². The van der Waals surface area contributed by atoms with Crippen molar-refractivity contribution in [2.45, 2.75) is 24.5 Å². The van der Waals surface area contributed by atoms with Gasteiger partial charge in [0, 0.05) is 0 Å². The summed E-state index contributed by atoms with van der Waals surface area (Å²) >= 11 is 0. The lowest BCUT2D eigenvalue weighted by atomic mass is 10.1. The van der Waals surface area contributed by atoms with E-state index in [1.165, 1.54) is 0 Å². The van der Waals surface area contributed by atoms with Crippen LogP contribution in [0.5, 0.6) is 0 Å². The van der Waals surface area contributed by atoms with Crippen LogP contribution >= 0.6 is 0 Å². The second-order valence-electron chi connectivity index (χ2n) is 3.55. The molecule has 0 spiro atoms. The summed E-state index contributed by atoms with van der Waals surface area (Å²) in [5, 5.41) is 30.5. The van der Waals surface area contributed by atoms with E-state index in [9.17, 15) is 15.0 Å². The van der Waals surface area contributed by atoms with Crippen LogP contribution in [0.3, 0.4) is 0 Å². The van der Waals surface area contributed by atoms with Gasteiger partial charge in [0.2, 0.25) is 5.95 Å². The van der Waals surface area contributed by atoms with E-state index < -0.39 is 36.8 Å². The summed E-state index contributed by atoms with van der Waals surface area (Å²) < 4.78 is 5.13. The first kappa shape index (κ1) is 11.9. The molecule has 1 aromatic heterocycles. The minimum atomic E-state index is -1.24. The van der Waals surface area contributed by atoms with E-state index in [4.69, 9.17) is 9.84 Å². The quantitative estimate of drug-likeness (QED) is 0.379. The van der Waals surface area contributed by atoms with Crippen LogP contribution in [0.2, 0.25) is 0 Å². The molecule has 1 aromatic rings. The van der Waals surface area contributed by atoms with Crippen molar-refractivity contribution in [1.29, 1.82) is 0 Å². The Morgan fingerprint density at radius 2 is 2.24 bits per heavy atom. The number of aromatic amines is 1. The second-order valence-corrected chi connectivity index (χ2v) is 3.55. The van der Waals surface area contributed by atoms with Gasteiger partial charge in [0.05, 0.1) is 6.61 Å². The van der Waals surface area contributed by atoms with Gasteiger partial charge in [-0.25, -0.2) is 9.78 Å². The number of H-pyrrole nitrogens is 1. The third-order valence-corrected chi connectivity index (χ3v) is 2.40. The van der Waals surface area contributed by atoms with E-state index in [1.54, 1.807) is 0 Å². The van der Waals surface area contributed by atoms with Gasteiger partial charge in [0.15, 0.2) is 6.23 Å². The van der Waals surface area contributed by atoms with Gasteiger partial charge in [-0.1, -0.05) is 0 Å². The number of ether oxygens (including phenoxy) is 1. The lowest BCUT2D eigenvalue weighted by Crippen LogP contribution is -2.37. The minimum absolute atomic E-state index is 0.0383. The van der Waals surface area contributed by atoms with Crippen molar-refractivity contribution in [3.05, 3.63) is 16.8 Å². The molecule has 0 bridgehead atoms. The minimum Gasteiger partial charge on any atom is -0.394 e. The molecule has 2 heterocycles. The van der Waals surface area contributed by atoms with Crippen LogP contribution in [-0.4, -0.2) is 61.4 Å². The predicted molar refractivity (Wildman–Crippen MR) is 54.0 cm³/mol. The van der Waals surface area contributed by atoms with Gasteiger partial charge in [-0.15, -0.1) is 0 Å². The summed E-state index contributed by atoms with van der Waals surface area (Å²) in [5.41, 5.74) is -0.603. The first-order valence-electron chi connectivity index (χ1n) is 4.92. The molecule has 0 saturated carbocycles. The maximum atomic E-state index is 10.9. The number of nitrogens with zero attached hydrogens (tertiary/aromatic N) is 2. The maximum Gasteiger partial charge on any atom is 0.349 e. The third-order valence-electron chi connectivity index (χ3n) is 2.40. The molecule has 9 heteroatoms. The molecule has 1 saturated heterocycles. The molecule has 5 N–H and O–H groups in total. The largest absolute Gasteiger partial charge is 0.394 e. The van der Waals surface area contributed by atoms with Crippen LogP contribution in [0, 0.1) is 0 Å². The Morgan fingerprint density at radius 3 is 2.82 bits per heavy atom. The van der Waals surface area contributed by atoms with Gasteiger partial charge >= 0.3 is 5.69 Å². The zero-order chi connectivity index (χ0) is 12.4. The molecule has 0 amide bonds. The second kappa shape index (κ2) is 4.75. The number of anilines is 1. The summed E-state index contributed by atoms with van der Waals surface area (Å²) in [5.74, 6) is -0.0383. The zero-order valence-corrected chi connectivity index (χ0v) is 8.65. The van der Waals surface area contributed by atoms with Gasteiger partial charge in [0.25, 0.3) is 0 Å². The van der Waals surface area contributed by atoms with Gasteiger partial charge in [0.1, 0.15) is 24.6 Å². The van der Waals surface area contributed by atoms with Crippen LogP contribution in [0.4, 0.5) is 5.95 Å². The number of hydrogen-bond acceptors (Lipinski definition) is 8. The van der Waals surface area contributed by atoms with E-state index in [1.807, 2.05) is 0 Å². The SMILES string of the molecule is O=c1nc(N[C@@H]2O[C@H](CO)[C@@H](O)[C@H]2O)nc[nH]1. The summed E-state index contributed by atoms with van der Waals surface area (Å²) in [6, 6.07) is 0. The number of rotatable bonds is 3. The number of hydrogen-bond donors (Lipinski definition) is 5. The fourth-order valence-electron chi connectivity index (χ4n) is 1.52. The molecule has 2 rings (SSSR count). The Labute approximate surface area is 95.1 Å². The van der Waals surface area contributed by atoms with E-state index in [2.05, 4.69) is 20.3 Å². The van der Waals surface area contributed by atoms with Crippen LogP contribution in [-0.2, 0) is 4.74 Å². The van der Waals surface area contributed by atoms with Crippen LogP contribution in [0.25, 0.3) is 0 Å². The molecule has 94 valence electrons. The third kappa shape index (κ3) is 2.42. The number of nitrogens with one attached hydrogen (secondary N) is 2. The molecule has 0 unspecified atom stereocenters.